The van der Waals surface area contributed by atoms with E-state index >= 15 is 0 Å². The maximum atomic E-state index is 13.7. The Morgan fingerprint density at radius 2 is 2.06 bits per heavy atom. The van der Waals surface area contributed by atoms with Crippen LogP contribution in [0.4, 0.5) is 8.78 Å². The van der Waals surface area contributed by atoms with Crippen molar-refractivity contribution in [1.82, 2.24) is 25.2 Å². The molecule has 8 nitrogen and oxygen atoms in total. The second-order valence-electron chi connectivity index (χ2n) is 7.41. The minimum atomic E-state index is -0.701. The van der Waals surface area contributed by atoms with Crippen molar-refractivity contribution in [3.8, 4) is 0 Å². The van der Waals surface area contributed by atoms with Gasteiger partial charge in [-0.05, 0) is 43.8 Å². The molecule has 164 valence electrons. The van der Waals surface area contributed by atoms with E-state index in [1.54, 1.807) is 16.8 Å². The third kappa shape index (κ3) is 4.64. The number of morpholine rings is 1. The number of nitrogens with zero attached hydrogens (tertiary/aromatic N) is 4. The molecule has 0 saturated carbocycles. The number of carbonyl (C=O) groups excluding carboxylic acids is 1. The number of hydrogen-bond acceptors (Lipinski definition) is 6. The minimum Gasteiger partial charge on any atom is -0.454 e. The lowest BCUT2D eigenvalue weighted by Crippen LogP contribution is -2.43. The van der Waals surface area contributed by atoms with Gasteiger partial charge in [-0.2, -0.15) is 0 Å². The third-order valence-electron chi connectivity index (χ3n) is 5.28. The van der Waals surface area contributed by atoms with E-state index in [2.05, 4.69) is 15.6 Å². The van der Waals surface area contributed by atoms with E-state index in [0.29, 0.717) is 24.5 Å². The van der Waals surface area contributed by atoms with E-state index in [1.807, 2.05) is 20.2 Å². The summed E-state index contributed by atoms with van der Waals surface area (Å²) in [5, 5.41) is 11.3. The summed E-state index contributed by atoms with van der Waals surface area (Å²) in [4.78, 5) is 14.6. The molecule has 1 aromatic carbocycles. The van der Waals surface area contributed by atoms with Crippen LogP contribution in [0.5, 0.6) is 0 Å². The predicted octanol–water partition coefficient (Wildman–Crippen LogP) is 2.69. The van der Waals surface area contributed by atoms with Crippen LogP contribution in [0.2, 0.25) is 0 Å². The number of aromatic nitrogens is 3. The van der Waals surface area contributed by atoms with Crippen molar-refractivity contribution in [3.63, 3.8) is 0 Å². The summed E-state index contributed by atoms with van der Waals surface area (Å²) in [5.74, 6) is -1.09. The highest BCUT2D eigenvalue weighted by molar-refractivity contribution is 5.92. The molecule has 2 atom stereocenters. The number of benzene rings is 1. The molecule has 31 heavy (non-hydrogen) atoms. The van der Waals surface area contributed by atoms with Crippen molar-refractivity contribution in [2.24, 2.45) is 0 Å². The lowest BCUT2D eigenvalue weighted by molar-refractivity contribution is -0.00449. The molecule has 2 unspecified atom stereocenters. The quantitative estimate of drug-likeness (QED) is 0.646. The maximum Gasteiger partial charge on any atom is 0.290 e. The van der Waals surface area contributed by atoms with Gasteiger partial charge in [-0.25, -0.2) is 13.5 Å². The minimum absolute atomic E-state index is 0.0633. The highest BCUT2D eigenvalue weighted by atomic mass is 19.1. The molecule has 0 spiro atoms. The van der Waals surface area contributed by atoms with Crippen molar-refractivity contribution < 1.29 is 22.7 Å². The maximum absolute atomic E-state index is 13.7. The van der Waals surface area contributed by atoms with Crippen LogP contribution >= 0.6 is 0 Å². The van der Waals surface area contributed by atoms with Crippen molar-refractivity contribution >= 4 is 5.91 Å². The van der Waals surface area contributed by atoms with Gasteiger partial charge in [0.15, 0.2) is 5.76 Å². The van der Waals surface area contributed by atoms with E-state index < -0.39 is 17.7 Å². The van der Waals surface area contributed by atoms with E-state index in [4.69, 9.17) is 9.15 Å². The first-order valence-electron chi connectivity index (χ1n) is 9.95. The molecule has 3 aromatic rings. The second kappa shape index (κ2) is 8.94. The summed E-state index contributed by atoms with van der Waals surface area (Å²) in [5.41, 5.74) is 1.13. The molecular formula is C21H23F2N5O3. The van der Waals surface area contributed by atoms with Gasteiger partial charge in [0.1, 0.15) is 23.9 Å². The summed E-state index contributed by atoms with van der Waals surface area (Å²) in [6.07, 6.45) is 1.81. The number of furan rings is 1. The van der Waals surface area contributed by atoms with Crippen LogP contribution in [0.1, 0.15) is 46.6 Å². The number of rotatable bonds is 6. The van der Waals surface area contributed by atoms with E-state index in [9.17, 15) is 13.6 Å². The van der Waals surface area contributed by atoms with Gasteiger partial charge in [-0.1, -0.05) is 5.21 Å². The van der Waals surface area contributed by atoms with Crippen molar-refractivity contribution in [3.05, 3.63) is 70.9 Å². The van der Waals surface area contributed by atoms with Gasteiger partial charge < -0.3 is 19.4 Å². The third-order valence-corrected chi connectivity index (χ3v) is 5.28. The monoisotopic (exact) mass is 431 g/mol. The van der Waals surface area contributed by atoms with Crippen LogP contribution in [0.25, 0.3) is 0 Å². The Hall–Kier alpha value is -3.11. The SMILES string of the molecule is CNC(C)c1cn(Cc2ccc(C(=O)N3CCOCC3c3cc(F)cc(F)c3)o2)nn1. The Labute approximate surface area is 177 Å². The zero-order valence-electron chi connectivity index (χ0n) is 17.2. The molecule has 3 heterocycles. The van der Waals surface area contributed by atoms with Crippen LogP contribution in [-0.4, -0.2) is 52.6 Å². The molecule has 1 amide bonds. The van der Waals surface area contributed by atoms with E-state index in [0.717, 1.165) is 11.8 Å². The van der Waals surface area contributed by atoms with Gasteiger partial charge >= 0.3 is 0 Å². The van der Waals surface area contributed by atoms with Gasteiger partial charge in [0.2, 0.25) is 0 Å². The molecule has 0 radical (unpaired) electrons. The van der Waals surface area contributed by atoms with Crippen LogP contribution in [0.15, 0.2) is 40.9 Å². The molecule has 1 fully saturated rings. The highest BCUT2D eigenvalue weighted by Gasteiger charge is 2.31. The molecule has 1 aliphatic heterocycles. The van der Waals surface area contributed by atoms with Crippen LogP contribution in [0.3, 0.4) is 0 Å². The lowest BCUT2D eigenvalue weighted by atomic mass is 10.0. The zero-order valence-corrected chi connectivity index (χ0v) is 17.2. The standard InChI is InChI=1S/C21H23F2N5O3/c1-13(24-2)18-11-27(26-25-18)10-17-3-4-20(31-17)21(29)28-5-6-30-12-19(28)14-7-15(22)9-16(23)8-14/h3-4,7-9,11,13,19,24H,5-6,10,12H2,1-2H3. The average molecular weight is 431 g/mol. The first-order valence-corrected chi connectivity index (χ1v) is 9.95. The topological polar surface area (TPSA) is 85.4 Å². The number of carbonyl (C=O) groups is 1. The Morgan fingerprint density at radius 3 is 2.81 bits per heavy atom. The van der Waals surface area contributed by atoms with Crippen LogP contribution in [-0.2, 0) is 11.3 Å². The Balaban J connectivity index is 1.50. The van der Waals surface area contributed by atoms with Gasteiger partial charge in [0.05, 0.1) is 31.1 Å². The van der Waals surface area contributed by atoms with E-state index in [1.165, 1.54) is 17.0 Å². The highest BCUT2D eigenvalue weighted by Crippen LogP contribution is 2.28. The van der Waals surface area contributed by atoms with Gasteiger partial charge in [-0.15, -0.1) is 5.10 Å². The van der Waals surface area contributed by atoms with Crippen molar-refractivity contribution in [2.45, 2.75) is 25.6 Å². The van der Waals surface area contributed by atoms with Crippen molar-refractivity contribution in [2.75, 3.05) is 26.8 Å². The fourth-order valence-electron chi connectivity index (χ4n) is 3.51. The van der Waals surface area contributed by atoms with Gasteiger partial charge in [-0.3, -0.25) is 4.79 Å². The molecule has 1 N–H and O–H groups in total. The van der Waals surface area contributed by atoms with Gasteiger partial charge in [0.25, 0.3) is 5.91 Å². The Bertz CT molecular complexity index is 1050. The van der Waals surface area contributed by atoms with Crippen LogP contribution < -0.4 is 5.32 Å². The molecule has 10 heteroatoms. The number of hydrogen-bond donors (Lipinski definition) is 1. The normalized spacial score (nSPS) is 17.7. The molecule has 2 aromatic heterocycles. The molecular weight excluding hydrogens is 408 g/mol. The molecule has 1 aliphatic rings. The Kier molecular flexibility index (Phi) is 6.10. The zero-order chi connectivity index (χ0) is 22.0. The van der Waals surface area contributed by atoms with E-state index in [-0.39, 0.29) is 30.9 Å². The summed E-state index contributed by atoms with van der Waals surface area (Å²) in [6, 6.07) is 5.97. The first-order chi connectivity index (χ1) is 14.9. The number of nitrogens with one attached hydrogen (secondary N) is 1. The molecule has 0 aliphatic carbocycles. The molecule has 4 rings (SSSR count). The summed E-state index contributed by atoms with van der Waals surface area (Å²) in [7, 11) is 1.84. The largest absolute Gasteiger partial charge is 0.454 e. The fourth-order valence-corrected chi connectivity index (χ4v) is 3.51. The lowest BCUT2D eigenvalue weighted by Gasteiger charge is -2.35. The van der Waals surface area contributed by atoms with Gasteiger partial charge in [0, 0.05) is 18.7 Å². The summed E-state index contributed by atoms with van der Waals surface area (Å²) >= 11 is 0. The number of ether oxygens (including phenoxy) is 1. The van der Waals surface area contributed by atoms with Crippen molar-refractivity contribution in [1.29, 1.82) is 0 Å². The summed E-state index contributed by atoms with van der Waals surface area (Å²) in [6.45, 7) is 3.05. The predicted molar refractivity (Wildman–Crippen MR) is 106 cm³/mol. The average Bonchev–Trinajstić information content (AvgIpc) is 3.42. The first kappa shape index (κ1) is 21.1. The van der Waals surface area contributed by atoms with Crippen LogP contribution in [0, 0.1) is 11.6 Å². The summed E-state index contributed by atoms with van der Waals surface area (Å²) < 4.78 is 40.2. The second-order valence-corrected chi connectivity index (χ2v) is 7.41. The number of halogens is 2. The Morgan fingerprint density at radius 1 is 1.29 bits per heavy atom. The number of amides is 1. The molecule has 1 saturated heterocycles. The fraction of sp³-hybridized carbons (Fsp3) is 0.381. The molecule has 0 bridgehead atoms. The smallest absolute Gasteiger partial charge is 0.290 e.